The number of fused-ring (bicyclic) bond motifs is 1. The number of aliphatic hydroxyl groups excluding tert-OH is 1. The second-order valence-electron chi connectivity index (χ2n) is 12.5. The van der Waals surface area contributed by atoms with E-state index in [1.54, 1.807) is 0 Å². The maximum absolute atomic E-state index is 13.7. The molecule has 5 rings (SSSR count). The Morgan fingerprint density at radius 2 is 1.18 bits per heavy atom. The molecule has 0 radical (unpaired) electrons. The van der Waals surface area contributed by atoms with E-state index < -0.39 is 30.1 Å². The van der Waals surface area contributed by atoms with Crippen LogP contribution < -0.4 is 5.32 Å². The summed E-state index contributed by atoms with van der Waals surface area (Å²) in [7, 11) is 0. The van der Waals surface area contributed by atoms with Gasteiger partial charge in [-0.25, -0.2) is 14.4 Å². The highest BCUT2D eigenvalue weighted by atomic mass is 16.5. The zero-order valence-electron chi connectivity index (χ0n) is 27.8. The predicted octanol–water partition coefficient (Wildman–Crippen LogP) is 6.93. The van der Waals surface area contributed by atoms with Crippen LogP contribution in [0.3, 0.4) is 0 Å². The number of ether oxygens (including phenoxy) is 2. The molecule has 49 heavy (non-hydrogen) atoms. The van der Waals surface area contributed by atoms with Crippen LogP contribution in [0.1, 0.15) is 30.5 Å². The molecule has 0 saturated carbocycles. The molecule has 0 aromatic heterocycles. The molecule has 2 atom stereocenters. The maximum atomic E-state index is 13.7. The lowest BCUT2D eigenvalue weighted by Gasteiger charge is -2.28. The molecular formula is C41H42N2O6. The van der Waals surface area contributed by atoms with Gasteiger partial charge in [0.25, 0.3) is 0 Å². The monoisotopic (exact) mass is 658 g/mol. The Kier molecular flexibility index (Phi) is 12.2. The summed E-state index contributed by atoms with van der Waals surface area (Å²) in [5.74, 6) is -1.41. The average Bonchev–Trinajstić information content (AvgIpc) is 3.13. The van der Waals surface area contributed by atoms with Gasteiger partial charge in [0.1, 0.15) is 19.3 Å². The number of hydrogen-bond acceptors (Lipinski definition) is 6. The molecule has 2 N–H and O–H groups in total. The summed E-state index contributed by atoms with van der Waals surface area (Å²) in [4.78, 5) is 41.1. The molecule has 2 unspecified atom stereocenters. The van der Waals surface area contributed by atoms with Gasteiger partial charge in [0.2, 0.25) is 0 Å². The molecule has 8 nitrogen and oxygen atoms in total. The summed E-state index contributed by atoms with van der Waals surface area (Å²) in [5, 5.41) is 15.8. The lowest BCUT2D eigenvalue weighted by Crippen LogP contribution is -2.52. The fourth-order valence-electron chi connectivity index (χ4n) is 5.49. The van der Waals surface area contributed by atoms with Gasteiger partial charge in [-0.05, 0) is 50.6 Å². The highest BCUT2D eigenvalue weighted by molar-refractivity contribution is 5.87. The number of benzene rings is 5. The van der Waals surface area contributed by atoms with Crippen LogP contribution in [0.25, 0.3) is 21.9 Å². The van der Waals surface area contributed by atoms with Crippen LogP contribution in [-0.4, -0.2) is 53.2 Å². The van der Waals surface area contributed by atoms with Crippen LogP contribution in [0.5, 0.6) is 0 Å². The van der Waals surface area contributed by atoms with Crippen LogP contribution in [0, 0.1) is 5.92 Å². The number of nitrogens with one attached hydrogen (secondary N) is 1. The van der Waals surface area contributed by atoms with Crippen LogP contribution in [0.15, 0.2) is 127 Å². The summed E-state index contributed by atoms with van der Waals surface area (Å²) < 4.78 is 10.9. The Morgan fingerprint density at radius 1 is 0.633 bits per heavy atom. The highest BCUT2D eigenvalue weighted by Crippen LogP contribution is 2.25. The van der Waals surface area contributed by atoms with Crippen LogP contribution in [0.4, 0.5) is 4.79 Å². The van der Waals surface area contributed by atoms with Crippen molar-refractivity contribution >= 4 is 28.7 Å². The molecule has 0 spiro atoms. The van der Waals surface area contributed by atoms with Crippen molar-refractivity contribution in [2.45, 2.75) is 45.6 Å². The molecule has 8 heteroatoms. The molecular weight excluding hydrogens is 616 g/mol. The van der Waals surface area contributed by atoms with Gasteiger partial charge in [0, 0.05) is 13.0 Å². The number of hydrogen-bond donors (Lipinski definition) is 2. The van der Waals surface area contributed by atoms with E-state index in [-0.39, 0.29) is 38.6 Å². The van der Waals surface area contributed by atoms with Gasteiger partial charge in [-0.1, -0.05) is 135 Å². The predicted molar refractivity (Wildman–Crippen MR) is 190 cm³/mol. The van der Waals surface area contributed by atoms with Crippen molar-refractivity contribution in [3.63, 3.8) is 0 Å². The second-order valence-corrected chi connectivity index (χ2v) is 12.5. The number of nitrogens with zero attached hydrogens (tertiary/aromatic N) is 1. The number of carbonyl (C=O) groups excluding carboxylic acids is 3. The first kappa shape index (κ1) is 34.9. The molecule has 0 saturated heterocycles. The first-order valence-electron chi connectivity index (χ1n) is 16.5. The van der Waals surface area contributed by atoms with Gasteiger partial charge < -0.3 is 24.8 Å². The van der Waals surface area contributed by atoms with Crippen molar-refractivity contribution < 1.29 is 29.0 Å². The largest absolute Gasteiger partial charge is 0.459 e. The van der Waals surface area contributed by atoms with Crippen molar-refractivity contribution in [1.29, 1.82) is 0 Å². The van der Waals surface area contributed by atoms with Gasteiger partial charge >= 0.3 is 18.0 Å². The second kappa shape index (κ2) is 17.1. The normalized spacial score (nSPS) is 12.2. The summed E-state index contributed by atoms with van der Waals surface area (Å²) in [5.41, 5.74) is 4.52. The average molecular weight is 659 g/mol. The number of esters is 2. The molecule has 0 bridgehead atoms. The molecule has 5 aromatic rings. The highest BCUT2D eigenvalue weighted by Gasteiger charge is 2.29. The van der Waals surface area contributed by atoms with E-state index in [0.29, 0.717) is 0 Å². The lowest BCUT2D eigenvalue weighted by molar-refractivity contribution is -0.155. The van der Waals surface area contributed by atoms with E-state index in [9.17, 15) is 19.5 Å². The van der Waals surface area contributed by atoms with Crippen molar-refractivity contribution in [3.05, 3.63) is 144 Å². The van der Waals surface area contributed by atoms with Crippen molar-refractivity contribution in [3.8, 4) is 11.1 Å². The maximum Gasteiger partial charge on any atom is 0.337 e. The standard InChI is InChI=1S/C41H42N2O6/c1-29(2)25-43(26-38(44)40(46)49-28-32-13-7-4-8-14-32)41(47)42-37(39(45)48-27-31-11-5-3-6-12-31)23-30-17-19-34(20-18-30)36-22-21-33-15-9-10-16-35(33)24-36/h3-22,24,29,37-38,44H,23,25-28H2,1-2H3,(H,42,47). The van der Waals surface area contributed by atoms with E-state index in [1.807, 2.05) is 111 Å². The Balaban J connectivity index is 1.29. The number of amides is 2. The minimum atomic E-state index is -1.57. The minimum Gasteiger partial charge on any atom is -0.459 e. The molecule has 0 heterocycles. The quantitative estimate of drug-likeness (QED) is 0.125. The van der Waals surface area contributed by atoms with Gasteiger partial charge in [-0.15, -0.1) is 0 Å². The van der Waals surface area contributed by atoms with Crippen LogP contribution in [-0.2, 0) is 38.7 Å². The molecule has 0 aliphatic heterocycles. The van der Waals surface area contributed by atoms with Crippen molar-refractivity contribution in [2.24, 2.45) is 5.92 Å². The summed E-state index contributed by atoms with van der Waals surface area (Å²) >= 11 is 0. The van der Waals surface area contributed by atoms with Gasteiger partial charge in [0.05, 0.1) is 6.54 Å². The van der Waals surface area contributed by atoms with E-state index in [0.717, 1.165) is 33.2 Å². The van der Waals surface area contributed by atoms with Gasteiger partial charge in [-0.3, -0.25) is 0 Å². The zero-order chi connectivity index (χ0) is 34.6. The fourth-order valence-corrected chi connectivity index (χ4v) is 5.49. The van der Waals surface area contributed by atoms with E-state index in [2.05, 4.69) is 35.6 Å². The molecule has 0 aliphatic rings. The summed E-state index contributed by atoms with van der Waals surface area (Å²) in [6.45, 7) is 3.83. The van der Waals surface area contributed by atoms with Crippen molar-refractivity contribution in [2.75, 3.05) is 13.1 Å². The molecule has 0 fully saturated rings. The summed E-state index contributed by atoms with van der Waals surface area (Å²) in [6, 6.07) is 39.2. The SMILES string of the molecule is CC(C)CN(CC(O)C(=O)OCc1ccccc1)C(=O)NC(Cc1ccc(-c2ccc3ccccc3c2)cc1)C(=O)OCc1ccccc1. The lowest BCUT2D eigenvalue weighted by atomic mass is 9.98. The van der Waals surface area contributed by atoms with E-state index in [4.69, 9.17) is 9.47 Å². The number of aliphatic hydroxyl groups is 1. The Bertz CT molecular complexity index is 1830. The Morgan fingerprint density at radius 3 is 1.80 bits per heavy atom. The van der Waals surface area contributed by atoms with Gasteiger partial charge in [-0.2, -0.15) is 0 Å². The molecule has 0 aliphatic carbocycles. The van der Waals surface area contributed by atoms with Gasteiger partial charge in [0.15, 0.2) is 6.10 Å². The van der Waals surface area contributed by atoms with E-state index >= 15 is 0 Å². The fraction of sp³-hybridized carbons (Fsp3) is 0.244. The number of carbonyl (C=O) groups is 3. The number of rotatable bonds is 14. The smallest absolute Gasteiger partial charge is 0.337 e. The molecule has 5 aromatic carbocycles. The molecule has 2 amide bonds. The number of urea groups is 1. The first-order chi connectivity index (χ1) is 23.7. The zero-order valence-corrected chi connectivity index (χ0v) is 27.8. The van der Waals surface area contributed by atoms with Crippen LogP contribution >= 0.6 is 0 Å². The third-order valence-electron chi connectivity index (χ3n) is 8.04. The van der Waals surface area contributed by atoms with Crippen LogP contribution in [0.2, 0.25) is 0 Å². The Hall–Kier alpha value is -5.47. The third-order valence-corrected chi connectivity index (χ3v) is 8.04. The van der Waals surface area contributed by atoms with E-state index in [1.165, 1.54) is 10.3 Å². The first-order valence-corrected chi connectivity index (χ1v) is 16.5. The topological polar surface area (TPSA) is 105 Å². The Labute approximate surface area is 287 Å². The van der Waals surface area contributed by atoms with Crippen molar-refractivity contribution in [1.82, 2.24) is 10.2 Å². The summed E-state index contributed by atoms with van der Waals surface area (Å²) in [6.07, 6.45) is -1.39. The third kappa shape index (κ3) is 10.3. The molecule has 252 valence electrons. The minimum absolute atomic E-state index is 0.00208.